The SMILES string of the molecule is CC(C)(O)c1cc(Cl)c(S(N)(=O)=N[Si](C)(C)C(C)(C)C)s1. The standard InChI is InChI=1S/C13H25ClN2O2S2Si/c1-12(2,3)21(6,7)16-20(15,18)11-9(14)8-10(19-11)13(4,5)17/h8,17H,1-7H3,(H2,15,16,18). The molecule has 0 radical (unpaired) electrons. The average Bonchev–Trinajstić information content (AvgIpc) is 2.56. The Kier molecular flexibility index (Phi) is 5.11. The smallest absolute Gasteiger partial charge is 0.195 e. The van der Waals surface area contributed by atoms with Crippen LogP contribution in [-0.2, 0) is 15.5 Å². The highest BCUT2D eigenvalue weighted by Crippen LogP contribution is 2.41. The average molecular weight is 369 g/mol. The number of thiophene rings is 1. The van der Waals surface area contributed by atoms with Crippen molar-refractivity contribution in [1.29, 1.82) is 0 Å². The minimum absolute atomic E-state index is 0.0577. The summed E-state index contributed by atoms with van der Waals surface area (Å²) < 4.78 is 17.8. The molecule has 0 aromatic carbocycles. The summed E-state index contributed by atoms with van der Waals surface area (Å²) >= 11 is 7.34. The lowest BCUT2D eigenvalue weighted by Crippen LogP contribution is -2.37. The molecule has 122 valence electrons. The summed E-state index contributed by atoms with van der Waals surface area (Å²) in [6.45, 7) is 13.6. The molecule has 1 aromatic heterocycles. The van der Waals surface area contributed by atoms with Gasteiger partial charge >= 0.3 is 0 Å². The quantitative estimate of drug-likeness (QED) is 0.778. The fourth-order valence-corrected chi connectivity index (χ4v) is 8.33. The molecule has 4 nitrogen and oxygen atoms in total. The van der Waals surface area contributed by atoms with Crippen LogP contribution in [0.15, 0.2) is 14.3 Å². The number of aliphatic hydroxyl groups is 1. The van der Waals surface area contributed by atoms with E-state index in [0.29, 0.717) is 14.1 Å². The summed E-state index contributed by atoms with van der Waals surface area (Å²) in [5.41, 5.74) is -1.04. The summed E-state index contributed by atoms with van der Waals surface area (Å²) in [5, 5.41) is 16.3. The zero-order chi connectivity index (χ0) is 16.9. The van der Waals surface area contributed by atoms with Crippen LogP contribution >= 0.6 is 22.9 Å². The molecule has 0 aliphatic rings. The molecular weight excluding hydrogens is 344 g/mol. The van der Waals surface area contributed by atoms with Gasteiger partial charge in [0.25, 0.3) is 0 Å². The van der Waals surface area contributed by atoms with Crippen molar-refractivity contribution in [3.05, 3.63) is 16.0 Å². The van der Waals surface area contributed by atoms with E-state index in [9.17, 15) is 9.32 Å². The predicted molar refractivity (Wildman–Crippen MR) is 94.8 cm³/mol. The van der Waals surface area contributed by atoms with Gasteiger partial charge < -0.3 is 5.11 Å². The lowest BCUT2D eigenvalue weighted by Gasteiger charge is -2.32. The van der Waals surface area contributed by atoms with Crippen LogP contribution in [0.5, 0.6) is 0 Å². The zero-order valence-corrected chi connectivity index (χ0v) is 17.0. The molecular formula is C13H25ClN2O2S2Si. The first-order valence-corrected chi connectivity index (χ1v) is 12.4. The third-order valence-electron chi connectivity index (χ3n) is 3.72. The normalized spacial score (nSPS) is 16.7. The third-order valence-corrected chi connectivity index (χ3v) is 13.8. The van der Waals surface area contributed by atoms with Crippen molar-refractivity contribution >= 4 is 41.1 Å². The predicted octanol–water partition coefficient (Wildman–Crippen LogP) is 4.33. The molecule has 21 heavy (non-hydrogen) atoms. The Morgan fingerprint density at radius 1 is 1.33 bits per heavy atom. The Morgan fingerprint density at radius 2 is 1.81 bits per heavy atom. The third kappa shape index (κ3) is 4.30. The summed E-state index contributed by atoms with van der Waals surface area (Å²) in [4.78, 5) is 0.631. The first-order chi connectivity index (χ1) is 9.08. The van der Waals surface area contributed by atoms with Crippen molar-refractivity contribution in [3.8, 4) is 0 Å². The second-order valence-corrected chi connectivity index (χ2v) is 15.9. The Balaban J connectivity index is 3.46. The Morgan fingerprint density at radius 3 is 2.14 bits per heavy atom. The van der Waals surface area contributed by atoms with Crippen molar-refractivity contribution in [2.24, 2.45) is 9.17 Å². The van der Waals surface area contributed by atoms with E-state index in [1.54, 1.807) is 19.9 Å². The van der Waals surface area contributed by atoms with Gasteiger partial charge in [0.15, 0.2) is 8.24 Å². The van der Waals surface area contributed by atoms with Gasteiger partial charge in [-0.3, -0.25) is 4.03 Å². The first-order valence-electron chi connectivity index (χ1n) is 6.66. The summed E-state index contributed by atoms with van der Waals surface area (Å²) in [7, 11) is -5.23. The first kappa shape index (κ1) is 19.1. The molecule has 0 fully saturated rings. The molecule has 0 saturated carbocycles. The van der Waals surface area contributed by atoms with Gasteiger partial charge in [0.2, 0.25) is 0 Å². The van der Waals surface area contributed by atoms with E-state index in [2.05, 4.69) is 24.8 Å². The highest BCUT2D eigenvalue weighted by Gasteiger charge is 2.38. The summed E-state index contributed by atoms with van der Waals surface area (Å²) in [5.74, 6) is 0. The lowest BCUT2D eigenvalue weighted by molar-refractivity contribution is 0.0825. The van der Waals surface area contributed by atoms with Crippen molar-refractivity contribution in [2.75, 3.05) is 0 Å². The number of rotatable bonds is 3. The molecule has 0 amide bonds. The molecule has 8 heteroatoms. The van der Waals surface area contributed by atoms with Gasteiger partial charge in [0.1, 0.15) is 14.1 Å². The Labute approximate surface area is 138 Å². The molecule has 3 N–H and O–H groups in total. The van der Waals surface area contributed by atoms with Gasteiger partial charge in [-0.05, 0) is 38.0 Å². The van der Waals surface area contributed by atoms with E-state index in [1.165, 1.54) is 11.3 Å². The van der Waals surface area contributed by atoms with E-state index < -0.39 is 23.8 Å². The Hall–Kier alpha value is 0.0769. The van der Waals surface area contributed by atoms with Crippen molar-refractivity contribution in [3.63, 3.8) is 0 Å². The molecule has 1 unspecified atom stereocenters. The van der Waals surface area contributed by atoms with Crippen LogP contribution in [0.2, 0.25) is 23.2 Å². The van der Waals surface area contributed by atoms with Crippen LogP contribution in [0, 0.1) is 0 Å². The van der Waals surface area contributed by atoms with Gasteiger partial charge in [-0.15, -0.1) is 11.3 Å². The van der Waals surface area contributed by atoms with Crippen molar-refractivity contribution < 1.29 is 9.32 Å². The van der Waals surface area contributed by atoms with Crippen LogP contribution < -0.4 is 5.14 Å². The highest BCUT2D eigenvalue weighted by atomic mass is 35.5. The maximum atomic E-state index is 12.9. The van der Waals surface area contributed by atoms with Crippen LogP contribution in [0.4, 0.5) is 0 Å². The van der Waals surface area contributed by atoms with E-state index in [1.807, 2.05) is 13.1 Å². The second kappa shape index (κ2) is 5.61. The molecule has 0 saturated heterocycles. The Bertz CT molecular complexity index is 648. The van der Waals surface area contributed by atoms with E-state index in [0.717, 1.165) is 0 Å². The largest absolute Gasteiger partial charge is 0.385 e. The number of nitrogens with two attached hydrogens (primary N) is 1. The number of halogens is 1. The topological polar surface area (TPSA) is 75.7 Å². The second-order valence-electron chi connectivity index (χ2n) is 7.27. The lowest BCUT2D eigenvalue weighted by atomic mass is 10.1. The highest BCUT2D eigenvalue weighted by molar-refractivity contribution is 7.94. The number of hydrogen-bond donors (Lipinski definition) is 2. The fraction of sp³-hybridized carbons (Fsp3) is 0.692. The summed E-state index contributed by atoms with van der Waals surface area (Å²) in [6, 6.07) is 1.62. The minimum atomic E-state index is -3.06. The maximum absolute atomic E-state index is 12.9. The van der Waals surface area contributed by atoms with E-state index in [-0.39, 0.29) is 5.04 Å². The molecule has 1 rings (SSSR count). The van der Waals surface area contributed by atoms with E-state index in [4.69, 9.17) is 16.7 Å². The van der Waals surface area contributed by atoms with Crippen molar-refractivity contribution in [2.45, 2.75) is 62.6 Å². The van der Waals surface area contributed by atoms with Crippen LogP contribution in [0.1, 0.15) is 39.5 Å². The van der Waals surface area contributed by atoms with Crippen molar-refractivity contribution in [1.82, 2.24) is 0 Å². The monoisotopic (exact) mass is 368 g/mol. The number of nitrogens with zero attached hydrogens (tertiary/aromatic N) is 1. The summed E-state index contributed by atoms with van der Waals surface area (Å²) in [6.07, 6.45) is 0. The zero-order valence-electron chi connectivity index (χ0n) is 13.7. The van der Waals surface area contributed by atoms with Gasteiger partial charge in [-0.25, -0.2) is 9.35 Å². The van der Waals surface area contributed by atoms with Crippen LogP contribution in [0.3, 0.4) is 0 Å². The van der Waals surface area contributed by atoms with Gasteiger partial charge in [-0.1, -0.05) is 32.4 Å². The molecule has 0 bridgehead atoms. The van der Waals surface area contributed by atoms with Gasteiger partial charge in [0, 0.05) is 4.88 Å². The van der Waals surface area contributed by atoms with Crippen LogP contribution in [-0.4, -0.2) is 17.6 Å². The molecule has 0 spiro atoms. The van der Waals surface area contributed by atoms with E-state index >= 15 is 0 Å². The van der Waals surface area contributed by atoms with Gasteiger partial charge in [-0.2, -0.15) is 0 Å². The number of hydrogen-bond acceptors (Lipinski definition) is 4. The molecule has 0 aliphatic heterocycles. The maximum Gasteiger partial charge on any atom is 0.195 e. The molecule has 0 aliphatic carbocycles. The molecule has 1 aromatic rings. The fourth-order valence-electron chi connectivity index (χ4n) is 1.37. The minimum Gasteiger partial charge on any atom is -0.385 e. The van der Waals surface area contributed by atoms with Gasteiger partial charge in [0.05, 0.1) is 10.6 Å². The molecule has 1 atom stereocenters. The van der Waals surface area contributed by atoms with Crippen LogP contribution in [0.25, 0.3) is 0 Å². The molecule has 1 heterocycles.